The first-order valence-electron chi connectivity index (χ1n) is 7.06. The van der Waals surface area contributed by atoms with E-state index in [1.165, 1.54) is 51.6 Å². The van der Waals surface area contributed by atoms with Crippen LogP contribution in [0.3, 0.4) is 0 Å². The highest BCUT2D eigenvalue weighted by molar-refractivity contribution is 4.99. The molecule has 94 valence electrons. The number of rotatable bonds is 4. The fourth-order valence-corrected chi connectivity index (χ4v) is 3.42. The van der Waals surface area contributed by atoms with Gasteiger partial charge < -0.3 is 5.11 Å². The molecular weight excluding hydrogens is 198 g/mol. The zero-order valence-electron chi connectivity index (χ0n) is 10.9. The van der Waals surface area contributed by atoms with Crippen LogP contribution in [0.5, 0.6) is 0 Å². The lowest BCUT2D eigenvalue weighted by Crippen LogP contribution is -2.62. The van der Waals surface area contributed by atoms with Crippen LogP contribution in [0, 0.1) is 11.8 Å². The van der Waals surface area contributed by atoms with Gasteiger partial charge in [0.05, 0.1) is 6.61 Å². The molecule has 1 saturated heterocycles. The summed E-state index contributed by atoms with van der Waals surface area (Å²) in [4.78, 5) is 2.57. The molecule has 0 atom stereocenters. The Hall–Kier alpha value is -0.0800. The molecule has 1 aliphatic heterocycles. The third-order valence-electron chi connectivity index (χ3n) is 4.82. The van der Waals surface area contributed by atoms with Crippen LogP contribution < -0.4 is 0 Å². The Labute approximate surface area is 100 Å². The van der Waals surface area contributed by atoms with E-state index in [9.17, 15) is 5.11 Å². The van der Waals surface area contributed by atoms with Gasteiger partial charge in [0.15, 0.2) is 0 Å². The molecule has 1 saturated carbocycles. The fraction of sp³-hybridized carbons (Fsp3) is 1.00. The Morgan fingerprint density at radius 1 is 1.25 bits per heavy atom. The lowest BCUT2D eigenvalue weighted by molar-refractivity contribution is -0.0733. The summed E-state index contributed by atoms with van der Waals surface area (Å²) in [6, 6.07) is 0. The molecule has 1 aliphatic carbocycles. The van der Waals surface area contributed by atoms with Gasteiger partial charge >= 0.3 is 0 Å². The van der Waals surface area contributed by atoms with Crippen molar-refractivity contribution in [2.75, 3.05) is 19.7 Å². The largest absolute Gasteiger partial charge is 0.394 e. The molecule has 2 heteroatoms. The van der Waals surface area contributed by atoms with E-state index in [-0.39, 0.29) is 5.54 Å². The average molecular weight is 225 g/mol. The molecule has 0 bridgehead atoms. The van der Waals surface area contributed by atoms with Gasteiger partial charge in [-0.2, -0.15) is 0 Å². The molecular formula is C14H27NO. The Bertz CT molecular complexity index is 215. The zero-order valence-corrected chi connectivity index (χ0v) is 10.9. The van der Waals surface area contributed by atoms with Gasteiger partial charge in [-0.15, -0.1) is 0 Å². The summed E-state index contributed by atoms with van der Waals surface area (Å²) < 4.78 is 0. The van der Waals surface area contributed by atoms with Crippen molar-refractivity contribution < 1.29 is 5.11 Å². The Kier molecular flexibility index (Phi) is 3.91. The van der Waals surface area contributed by atoms with E-state index < -0.39 is 0 Å². The van der Waals surface area contributed by atoms with Crippen LogP contribution in [0.25, 0.3) is 0 Å². The summed E-state index contributed by atoms with van der Waals surface area (Å²) in [5, 5.41) is 9.74. The summed E-state index contributed by atoms with van der Waals surface area (Å²) in [6.07, 6.45) is 7.70. The van der Waals surface area contributed by atoms with E-state index in [0.29, 0.717) is 6.61 Å². The normalized spacial score (nSPS) is 37.3. The molecule has 0 spiro atoms. The standard InChI is InChI=1S/C14H27NO/c1-3-4-13-9-15(10-13)14(11-16)7-5-12(2)6-8-14/h12-13,16H,3-11H2,1-2H3. The van der Waals surface area contributed by atoms with Crippen LogP contribution in [0.4, 0.5) is 0 Å². The van der Waals surface area contributed by atoms with Gasteiger partial charge in [0.1, 0.15) is 0 Å². The third-order valence-corrected chi connectivity index (χ3v) is 4.82. The summed E-state index contributed by atoms with van der Waals surface area (Å²) >= 11 is 0. The average Bonchev–Trinajstić information content (AvgIpc) is 2.25. The summed E-state index contributed by atoms with van der Waals surface area (Å²) in [5.41, 5.74) is 0.163. The molecule has 2 nitrogen and oxygen atoms in total. The first-order valence-corrected chi connectivity index (χ1v) is 7.06. The maximum Gasteiger partial charge on any atom is 0.0615 e. The number of hydrogen-bond donors (Lipinski definition) is 1. The highest BCUT2D eigenvalue weighted by Crippen LogP contribution is 2.40. The second kappa shape index (κ2) is 5.05. The molecule has 2 fully saturated rings. The highest BCUT2D eigenvalue weighted by atomic mass is 16.3. The van der Waals surface area contributed by atoms with Crippen LogP contribution >= 0.6 is 0 Å². The van der Waals surface area contributed by atoms with Gasteiger partial charge in [-0.3, -0.25) is 4.90 Å². The van der Waals surface area contributed by atoms with Gasteiger partial charge in [-0.05, 0) is 43.9 Å². The van der Waals surface area contributed by atoms with Gasteiger partial charge in [0, 0.05) is 18.6 Å². The van der Waals surface area contributed by atoms with E-state index in [1.807, 2.05) is 0 Å². The molecule has 16 heavy (non-hydrogen) atoms. The van der Waals surface area contributed by atoms with Crippen LogP contribution in [0.1, 0.15) is 52.4 Å². The summed E-state index contributed by atoms with van der Waals surface area (Å²) in [5.74, 6) is 1.78. The fourth-order valence-electron chi connectivity index (χ4n) is 3.42. The smallest absolute Gasteiger partial charge is 0.0615 e. The van der Waals surface area contributed by atoms with Crippen LogP contribution in [-0.2, 0) is 0 Å². The number of likely N-dealkylation sites (tertiary alicyclic amines) is 1. The molecule has 0 amide bonds. The van der Waals surface area contributed by atoms with E-state index >= 15 is 0 Å². The third kappa shape index (κ3) is 2.28. The minimum absolute atomic E-state index is 0.163. The maximum absolute atomic E-state index is 9.74. The monoisotopic (exact) mass is 225 g/mol. The van der Waals surface area contributed by atoms with Crippen LogP contribution in [-0.4, -0.2) is 35.2 Å². The molecule has 0 aromatic carbocycles. The molecule has 0 aromatic rings. The van der Waals surface area contributed by atoms with Gasteiger partial charge in [-0.25, -0.2) is 0 Å². The summed E-state index contributed by atoms with van der Waals surface area (Å²) in [7, 11) is 0. The minimum Gasteiger partial charge on any atom is -0.394 e. The predicted molar refractivity (Wildman–Crippen MR) is 67.4 cm³/mol. The van der Waals surface area contributed by atoms with Crippen LogP contribution in [0.2, 0.25) is 0 Å². The topological polar surface area (TPSA) is 23.5 Å². The first kappa shape index (κ1) is 12.4. The second-order valence-corrected chi connectivity index (χ2v) is 6.12. The summed E-state index contributed by atoms with van der Waals surface area (Å²) in [6.45, 7) is 7.47. The van der Waals surface area contributed by atoms with Gasteiger partial charge in [-0.1, -0.05) is 20.3 Å². The van der Waals surface area contributed by atoms with E-state index in [1.54, 1.807) is 0 Å². The van der Waals surface area contributed by atoms with Crippen molar-refractivity contribution in [1.82, 2.24) is 4.90 Å². The lowest BCUT2D eigenvalue weighted by Gasteiger charge is -2.54. The number of hydrogen-bond acceptors (Lipinski definition) is 2. The predicted octanol–water partition coefficient (Wildman–Crippen LogP) is 2.66. The van der Waals surface area contributed by atoms with Crippen molar-refractivity contribution in [1.29, 1.82) is 0 Å². The minimum atomic E-state index is 0.163. The number of aliphatic hydroxyl groups is 1. The van der Waals surface area contributed by atoms with Gasteiger partial charge in [0.2, 0.25) is 0 Å². The molecule has 0 unspecified atom stereocenters. The maximum atomic E-state index is 9.74. The van der Waals surface area contributed by atoms with Crippen molar-refractivity contribution in [3.63, 3.8) is 0 Å². The van der Waals surface area contributed by atoms with Crippen molar-refractivity contribution in [3.05, 3.63) is 0 Å². The molecule has 2 aliphatic rings. The molecule has 1 N–H and O–H groups in total. The zero-order chi connectivity index (χ0) is 11.6. The molecule has 2 rings (SSSR count). The highest BCUT2D eigenvalue weighted by Gasteiger charge is 2.44. The van der Waals surface area contributed by atoms with Crippen molar-refractivity contribution >= 4 is 0 Å². The molecule has 0 radical (unpaired) electrons. The Morgan fingerprint density at radius 3 is 2.38 bits per heavy atom. The first-order chi connectivity index (χ1) is 7.70. The number of nitrogens with zero attached hydrogens (tertiary/aromatic N) is 1. The van der Waals surface area contributed by atoms with Crippen molar-refractivity contribution in [2.45, 2.75) is 57.9 Å². The number of aliphatic hydroxyl groups excluding tert-OH is 1. The Balaban J connectivity index is 1.86. The van der Waals surface area contributed by atoms with E-state index in [0.717, 1.165) is 11.8 Å². The van der Waals surface area contributed by atoms with Crippen LogP contribution in [0.15, 0.2) is 0 Å². The SMILES string of the molecule is CCCC1CN(C2(CO)CCC(C)CC2)C1. The van der Waals surface area contributed by atoms with Gasteiger partial charge in [0.25, 0.3) is 0 Å². The van der Waals surface area contributed by atoms with Crippen molar-refractivity contribution in [3.8, 4) is 0 Å². The molecule has 1 heterocycles. The quantitative estimate of drug-likeness (QED) is 0.795. The lowest BCUT2D eigenvalue weighted by atomic mass is 9.74. The second-order valence-electron chi connectivity index (χ2n) is 6.12. The van der Waals surface area contributed by atoms with Crippen molar-refractivity contribution in [2.24, 2.45) is 11.8 Å². The van der Waals surface area contributed by atoms with E-state index in [4.69, 9.17) is 0 Å². The molecule has 0 aromatic heterocycles. The van der Waals surface area contributed by atoms with E-state index in [2.05, 4.69) is 18.7 Å². The Morgan fingerprint density at radius 2 is 1.88 bits per heavy atom.